The Morgan fingerprint density at radius 2 is 0.689 bits per heavy atom. The summed E-state index contributed by atoms with van der Waals surface area (Å²) in [6.07, 6.45) is 89.4. The fraction of sp³-hybridized carbons (Fsp3) is 0.889. The Morgan fingerprint density at radius 1 is 0.389 bits per heavy atom. The third-order valence-electron chi connectivity index (χ3n) is 19.2. The summed E-state index contributed by atoms with van der Waals surface area (Å²) >= 11 is 0. The second-order valence-electron chi connectivity index (χ2n) is 27.8. The smallest absolute Gasteiger partial charge is 0.220 e. The number of unbranched alkanes of at least 4 members (excludes halogenated alkanes) is 53. The standard InChI is InChI=1S/C81H153NO8/c1-3-5-7-9-11-13-15-17-19-21-23-25-27-29-31-33-35-36-37-38-39-40-41-43-45-47-49-51-53-55-57-59-61-63-65-67-69-71-77(85)82-74(73-89-81-80(88)79(87)78(86)76(72-83)90-81)75(84)70-68-66-64-62-60-58-56-54-52-50-48-46-44-42-34-32-30-28-26-24-22-20-18-16-14-12-10-8-6-4-2/h5,7,11,13,17,19,23,25,74-76,78-81,83-84,86-88H,3-4,6,8-10,12,14-16,18,20-22,24,26-73H2,1-2H3,(H,82,85)/b7-5-,13-11-,19-17-,25-23-. The average molecular weight is 1270 g/mol. The minimum absolute atomic E-state index is 0.133. The topological polar surface area (TPSA) is 149 Å². The van der Waals surface area contributed by atoms with Crippen molar-refractivity contribution in [3.05, 3.63) is 48.6 Å². The normalized spacial score (nSPS) is 18.0. The number of aliphatic hydroxyl groups excluding tert-OH is 5. The van der Waals surface area contributed by atoms with Gasteiger partial charge >= 0.3 is 0 Å². The van der Waals surface area contributed by atoms with E-state index in [0.29, 0.717) is 12.8 Å². The molecule has 90 heavy (non-hydrogen) atoms. The molecule has 0 aromatic heterocycles. The van der Waals surface area contributed by atoms with E-state index in [1.807, 2.05) is 0 Å². The first-order valence-corrected chi connectivity index (χ1v) is 39.8. The number of hydrogen-bond donors (Lipinski definition) is 6. The van der Waals surface area contributed by atoms with Crippen molar-refractivity contribution in [2.75, 3.05) is 13.2 Å². The molecule has 6 N–H and O–H groups in total. The lowest BCUT2D eigenvalue weighted by atomic mass is 9.99. The van der Waals surface area contributed by atoms with Crippen molar-refractivity contribution in [3.8, 4) is 0 Å². The number of carbonyl (C=O) groups excluding carboxylic acids is 1. The molecule has 1 aliphatic rings. The lowest BCUT2D eigenvalue weighted by Gasteiger charge is -2.40. The molecule has 0 aromatic rings. The summed E-state index contributed by atoms with van der Waals surface area (Å²) in [6, 6.07) is -0.720. The van der Waals surface area contributed by atoms with E-state index >= 15 is 0 Å². The molecular weight excluding hydrogens is 1110 g/mol. The van der Waals surface area contributed by atoms with Gasteiger partial charge in [-0.2, -0.15) is 0 Å². The molecular formula is C81H153NO8. The van der Waals surface area contributed by atoms with E-state index in [2.05, 4.69) is 67.8 Å². The average Bonchev–Trinajstić information content (AvgIpc) is 1.28. The van der Waals surface area contributed by atoms with Gasteiger partial charge in [-0.1, -0.05) is 396 Å². The Balaban J connectivity index is 2.04. The quantitative estimate of drug-likeness (QED) is 0.0261. The van der Waals surface area contributed by atoms with Crippen molar-refractivity contribution < 1.29 is 39.8 Å². The Kier molecular flexibility index (Phi) is 67.0. The maximum atomic E-state index is 13.2. The van der Waals surface area contributed by atoms with Crippen molar-refractivity contribution in [2.45, 2.75) is 448 Å². The Morgan fingerprint density at radius 3 is 1.02 bits per heavy atom. The minimum Gasteiger partial charge on any atom is -0.394 e. The predicted octanol–water partition coefficient (Wildman–Crippen LogP) is 22.7. The van der Waals surface area contributed by atoms with Crippen LogP contribution in [-0.2, 0) is 14.3 Å². The van der Waals surface area contributed by atoms with Gasteiger partial charge in [0.2, 0.25) is 5.91 Å². The van der Waals surface area contributed by atoms with Gasteiger partial charge in [-0.3, -0.25) is 4.79 Å². The van der Waals surface area contributed by atoms with Crippen LogP contribution in [0.15, 0.2) is 48.6 Å². The third kappa shape index (κ3) is 57.6. The van der Waals surface area contributed by atoms with Gasteiger partial charge in [-0.05, 0) is 51.4 Å². The van der Waals surface area contributed by atoms with Crippen LogP contribution in [-0.4, -0.2) is 87.5 Å². The highest BCUT2D eigenvalue weighted by molar-refractivity contribution is 5.76. The van der Waals surface area contributed by atoms with Gasteiger partial charge in [0.25, 0.3) is 0 Å². The van der Waals surface area contributed by atoms with Gasteiger partial charge in [0.1, 0.15) is 24.4 Å². The second kappa shape index (κ2) is 70.0. The van der Waals surface area contributed by atoms with E-state index in [9.17, 15) is 30.3 Å². The van der Waals surface area contributed by atoms with Crippen LogP contribution in [0.4, 0.5) is 0 Å². The van der Waals surface area contributed by atoms with Gasteiger partial charge in [-0.25, -0.2) is 0 Å². The highest BCUT2D eigenvalue weighted by Crippen LogP contribution is 2.24. The zero-order valence-electron chi connectivity index (χ0n) is 59.7. The lowest BCUT2D eigenvalue weighted by Crippen LogP contribution is -2.60. The molecule has 1 amide bonds. The van der Waals surface area contributed by atoms with Gasteiger partial charge in [-0.15, -0.1) is 0 Å². The fourth-order valence-corrected chi connectivity index (χ4v) is 13.0. The van der Waals surface area contributed by atoms with Crippen molar-refractivity contribution in [2.24, 2.45) is 0 Å². The predicted molar refractivity (Wildman–Crippen MR) is 387 cm³/mol. The van der Waals surface area contributed by atoms with Crippen LogP contribution in [0.2, 0.25) is 0 Å². The van der Waals surface area contributed by atoms with E-state index in [-0.39, 0.29) is 12.5 Å². The van der Waals surface area contributed by atoms with Crippen LogP contribution in [0.3, 0.4) is 0 Å². The summed E-state index contributed by atoms with van der Waals surface area (Å²) in [5.74, 6) is -0.135. The van der Waals surface area contributed by atoms with Gasteiger partial charge in [0.05, 0.1) is 25.4 Å². The van der Waals surface area contributed by atoms with E-state index < -0.39 is 49.5 Å². The summed E-state index contributed by atoms with van der Waals surface area (Å²) in [5, 5.41) is 55.1. The molecule has 1 saturated heterocycles. The number of ether oxygens (including phenoxy) is 2. The number of rotatable bonds is 71. The van der Waals surface area contributed by atoms with E-state index in [1.54, 1.807) is 0 Å². The monoisotopic (exact) mass is 1270 g/mol. The zero-order chi connectivity index (χ0) is 64.9. The summed E-state index contributed by atoms with van der Waals surface area (Å²) < 4.78 is 11.4. The van der Waals surface area contributed by atoms with Crippen molar-refractivity contribution >= 4 is 5.91 Å². The molecule has 1 rings (SSSR count). The summed E-state index contributed by atoms with van der Waals surface area (Å²) in [7, 11) is 0. The zero-order valence-corrected chi connectivity index (χ0v) is 59.7. The van der Waals surface area contributed by atoms with Crippen LogP contribution >= 0.6 is 0 Å². The van der Waals surface area contributed by atoms with Gasteiger partial charge < -0.3 is 40.3 Å². The van der Waals surface area contributed by atoms with Crippen LogP contribution in [0.25, 0.3) is 0 Å². The number of hydrogen-bond acceptors (Lipinski definition) is 8. The highest BCUT2D eigenvalue weighted by Gasteiger charge is 2.44. The molecule has 0 aliphatic carbocycles. The van der Waals surface area contributed by atoms with E-state index in [0.717, 1.165) is 64.2 Å². The maximum Gasteiger partial charge on any atom is 0.220 e. The molecule has 0 radical (unpaired) electrons. The Hall–Kier alpha value is -1.85. The van der Waals surface area contributed by atoms with Crippen molar-refractivity contribution in [3.63, 3.8) is 0 Å². The van der Waals surface area contributed by atoms with Crippen molar-refractivity contribution in [1.29, 1.82) is 0 Å². The number of aliphatic hydroxyl groups is 5. The number of carbonyl (C=O) groups is 1. The molecule has 7 unspecified atom stereocenters. The van der Waals surface area contributed by atoms with Crippen LogP contribution in [0, 0.1) is 0 Å². The first kappa shape index (κ1) is 86.2. The molecule has 0 saturated carbocycles. The molecule has 1 fully saturated rings. The summed E-state index contributed by atoms with van der Waals surface area (Å²) in [5.41, 5.74) is 0. The fourth-order valence-electron chi connectivity index (χ4n) is 13.0. The largest absolute Gasteiger partial charge is 0.394 e. The molecule has 7 atom stereocenters. The summed E-state index contributed by atoms with van der Waals surface area (Å²) in [6.45, 7) is 3.79. The molecule has 0 bridgehead atoms. The number of amides is 1. The van der Waals surface area contributed by atoms with Crippen LogP contribution < -0.4 is 5.32 Å². The van der Waals surface area contributed by atoms with Crippen LogP contribution in [0.5, 0.6) is 0 Å². The molecule has 1 heterocycles. The molecule has 9 heteroatoms. The first-order chi connectivity index (χ1) is 44.3. The molecule has 1 aliphatic heterocycles. The highest BCUT2D eigenvalue weighted by atomic mass is 16.7. The lowest BCUT2D eigenvalue weighted by molar-refractivity contribution is -0.302. The van der Waals surface area contributed by atoms with E-state index in [4.69, 9.17) is 9.47 Å². The van der Waals surface area contributed by atoms with E-state index in [1.165, 1.54) is 315 Å². The second-order valence-corrected chi connectivity index (χ2v) is 27.8. The maximum absolute atomic E-state index is 13.2. The molecule has 0 aromatic carbocycles. The third-order valence-corrected chi connectivity index (χ3v) is 19.2. The number of nitrogens with one attached hydrogen (secondary N) is 1. The van der Waals surface area contributed by atoms with Crippen molar-refractivity contribution in [1.82, 2.24) is 5.32 Å². The Labute approximate surface area is 558 Å². The summed E-state index contributed by atoms with van der Waals surface area (Å²) in [4.78, 5) is 13.2. The SMILES string of the molecule is CC/C=C\C/C=C\C/C=C\C/C=C\CCCCCCCCCCCCCCCCCCCCCCCCCCC(=O)NC(COC1OC(CO)C(O)C(O)C1O)C(O)CCCCCCCCCCCCCCCCCCCCCCCCCCCCCCCC. The molecule has 0 spiro atoms. The Bertz CT molecular complexity index is 1570. The molecule has 9 nitrogen and oxygen atoms in total. The van der Waals surface area contributed by atoms with Crippen LogP contribution in [0.1, 0.15) is 406 Å². The first-order valence-electron chi connectivity index (χ1n) is 39.8. The number of allylic oxidation sites excluding steroid dienone is 8. The minimum atomic E-state index is -1.55. The van der Waals surface area contributed by atoms with Gasteiger partial charge in [0, 0.05) is 6.42 Å². The molecule has 530 valence electrons. The van der Waals surface area contributed by atoms with Gasteiger partial charge in [0.15, 0.2) is 6.29 Å².